The van der Waals surface area contributed by atoms with Crippen molar-refractivity contribution in [1.82, 2.24) is 0 Å². The average molecular weight is 823 g/mol. The summed E-state index contributed by atoms with van der Waals surface area (Å²) in [6.45, 7) is 14.8. The Labute approximate surface area is 337 Å². The SMILES string of the molecule is CC1(C)[C@H]2CC[C@@]3(C)[C@@H](C(=O)C=C4[C@H]5C[C@](C)(C(=O)O)CC[C@@]5(C)CC[C@]43C)[C@]2(C)CC[C@H]1O[C@H]1O[C@H](C(=O)O)[C@@H](O)[C@H](O)[C@H]1O[C@H]1O[C@@H](C(=O)O)[C@@H](O)[C@@H](O)[C@@H]1O. The number of hydrogen-bond donors (Lipinski definition) is 8. The lowest BCUT2D eigenvalue weighted by Gasteiger charge is -2.70. The van der Waals surface area contributed by atoms with E-state index in [2.05, 4.69) is 27.7 Å². The summed E-state index contributed by atoms with van der Waals surface area (Å²) in [4.78, 5) is 51.3. The molecule has 0 aromatic heterocycles. The maximum Gasteiger partial charge on any atom is 0.335 e. The van der Waals surface area contributed by atoms with Crippen molar-refractivity contribution in [3.8, 4) is 0 Å². The molecule has 7 rings (SSSR count). The fourth-order valence-electron chi connectivity index (χ4n) is 13.4. The first kappa shape index (κ1) is 43.5. The number of rotatable bonds is 7. The van der Waals surface area contributed by atoms with Crippen molar-refractivity contribution in [3.05, 3.63) is 11.6 Å². The van der Waals surface area contributed by atoms with E-state index < -0.39 is 107 Å². The van der Waals surface area contributed by atoms with Crippen molar-refractivity contribution in [2.45, 2.75) is 174 Å². The Balaban J connectivity index is 1.17. The number of allylic oxidation sites excluding steroid dienone is 2. The van der Waals surface area contributed by atoms with Crippen LogP contribution in [0.3, 0.4) is 0 Å². The Morgan fingerprint density at radius 2 is 1.28 bits per heavy atom. The Morgan fingerprint density at radius 1 is 0.690 bits per heavy atom. The molecule has 7 aliphatic rings. The van der Waals surface area contributed by atoms with Crippen LogP contribution in [0.1, 0.15) is 106 Å². The normalized spacial score (nSPS) is 52.6. The largest absolute Gasteiger partial charge is 0.481 e. The van der Waals surface area contributed by atoms with Crippen molar-refractivity contribution in [2.24, 2.45) is 50.2 Å². The van der Waals surface area contributed by atoms with E-state index in [9.17, 15) is 60.0 Å². The number of ether oxygens (including phenoxy) is 4. The number of aliphatic hydroxyl groups is 5. The van der Waals surface area contributed by atoms with E-state index in [4.69, 9.17) is 18.9 Å². The van der Waals surface area contributed by atoms with Gasteiger partial charge in [-0.1, -0.05) is 47.1 Å². The third kappa shape index (κ3) is 6.25. The number of carboxylic acids is 3. The predicted octanol–water partition coefficient (Wildman–Crippen LogP) is 2.25. The quantitative estimate of drug-likeness (QED) is 0.171. The van der Waals surface area contributed by atoms with Gasteiger partial charge in [-0.3, -0.25) is 9.59 Å². The Kier molecular flexibility index (Phi) is 10.7. The summed E-state index contributed by atoms with van der Waals surface area (Å²) >= 11 is 0. The smallest absolute Gasteiger partial charge is 0.335 e. The zero-order chi connectivity index (χ0) is 42.9. The predicted molar refractivity (Wildman–Crippen MR) is 199 cm³/mol. The van der Waals surface area contributed by atoms with Gasteiger partial charge in [0.2, 0.25) is 0 Å². The summed E-state index contributed by atoms with van der Waals surface area (Å²) < 4.78 is 23.4. The van der Waals surface area contributed by atoms with Crippen molar-refractivity contribution >= 4 is 23.7 Å². The van der Waals surface area contributed by atoms with E-state index >= 15 is 0 Å². The van der Waals surface area contributed by atoms with Gasteiger partial charge in [-0.25, -0.2) is 9.59 Å². The Bertz CT molecular complexity index is 1730. The van der Waals surface area contributed by atoms with Gasteiger partial charge < -0.3 is 59.8 Å². The van der Waals surface area contributed by atoms with Crippen molar-refractivity contribution in [1.29, 1.82) is 0 Å². The van der Waals surface area contributed by atoms with Gasteiger partial charge in [-0.15, -0.1) is 0 Å². The van der Waals surface area contributed by atoms with Crippen molar-refractivity contribution in [2.75, 3.05) is 0 Å². The highest BCUT2D eigenvalue weighted by Crippen LogP contribution is 2.75. The number of carboxylic acid groups (broad SMARTS) is 3. The molecule has 0 aromatic carbocycles. The Morgan fingerprint density at radius 3 is 1.88 bits per heavy atom. The van der Waals surface area contributed by atoms with Crippen LogP contribution in [0.2, 0.25) is 0 Å². The molecule has 2 heterocycles. The van der Waals surface area contributed by atoms with Gasteiger partial charge >= 0.3 is 17.9 Å². The summed E-state index contributed by atoms with van der Waals surface area (Å²) in [6, 6.07) is 0. The number of carbonyl (C=O) groups is 4. The monoisotopic (exact) mass is 822 g/mol. The number of fused-ring (bicyclic) bond motifs is 7. The lowest BCUT2D eigenvalue weighted by Crippen LogP contribution is -2.68. The first-order valence-corrected chi connectivity index (χ1v) is 20.7. The van der Waals surface area contributed by atoms with Gasteiger partial charge in [0.05, 0.1) is 11.5 Å². The number of aliphatic hydroxyl groups excluding tert-OH is 5. The molecule has 5 aliphatic carbocycles. The lowest BCUT2D eigenvalue weighted by atomic mass is 9.33. The molecular weight excluding hydrogens is 760 g/mol. The van der Waals surface area contributed by atoms with Crippen LogP contribution in [-0.2, 0) is 38.1 Å². The second kappa shape index (κ2) is 14.3. The summed E-state index contributed by atoms with van der Waals surface area (Å²) in [6.07, 6.45) is -12.2. The summed E-state index contributed by atoms with van der Waals surface area (Å²) in [5.41, 5.74) is -1.81. The van der Waals surface area contributed by atoms with Crippen LogP contribution in [0, 0.1) is 50.2 Å². The topological polar surface area (TPSA) is 267 Å². The fraction of sp³-hybridized carbons (Fsp3) is 0.857. The molecule has 326 valence electrons. The molecule has 6 fully saturated rings. The van der Waals surface area contributed by atoms with E-state index in [1.165, 1.54) is 0 Å². The molecule has 0 spiro atoms. The Hall–Kier alpha value is -2.54. The molecule has 8 N–H and O–H groups in total. The third-order valence-electron chi connectivity index (χ3n) is 17.2. The molecule has 16 heteroatoms. The van der Waals surface area contributed by atoms with Crippen LogP contribution in [-0.4, -0.2) is 132 Å². The minimum Gasteiger partial charge on any atom is -0.481 e. The van der Waals surface area contributed by atoms with Crippen LogP contribution >= 0.6 is 0 Å². The van der Waals surface area contributed by atoms with Gasteiger partial charge in [0.25, 0.3) is 0 Å². The maximum absolute atomic E-state index is 14.8. The zero-order valence-corrected chi connectivity index (χ0v) is 34.4. The third-order valence-corrected chi connectivity index (χ3v) is 17.2. The van der Waals surface area contributed by atoms with Gasteiger partial charge in [0.15, 0.2) is 30.6 Å². The summed E-state index contributed by atoms with van der Waals surface area (Å²) in [5.74, 6) is -4.47. The second-order valence-electron chi connectivity index (χ2n) is 20.6. The van der Waals surface area contributed by atoms with Crippen LogP contribution in [0.15, 0.2) is 11.6 Å². The molecule has 2 aliphatic heterocycles. The highest BCUT2D eigenvalue weighted by Gasteiger charge is 2.71. The standard InChI is InChI=1S/C42H62O16/c1-37(2)21-8-11-42(7)31(20(43)16-18-19-17-39(4,36(53)54)13-12-38(19,3)14-15-41(18,42)6)40(21,5)10-9-22(37)55-35-30(26(47)25(46)29(57-35)33(51)52)58-34-27(48)23(44)24(45)28(56-34)32(49)50/h16,19,21-31,34-35,44-48H,8-15,17H2,1-7H3,(H,49,50)(H,51,52)(H,53,54)/t19-,21-,22-,23-,24+,25+,26+,27+,28-,29+,30-,31+,34-,35+,38+,39-,40-,41-,42+/m1/s1. The molecule has 58 heavy (non-hydrogen) atoms. The van der Waals surface area contributed by atoms with E-state index in [0.717, 1.165) is 37.7 Å². The highest BCUT2D eigenvalue weighted by atomic mass is 16.8. The fourth-order valence-corrected chi connectivity index (χ4v) is 13.4. The van der Waals surface area contributed by atoms with Gasteiger partial charge in [-0.2, -0.15) is 0 Å². The molecule has 0 bridgehead atoms. The number of aliphatic carboxylic acids is 3. The minimum absolute atomic E-state index is 0.0217. The maximum atomic E-state index is 14.8. The van der Waals surface area contributed by atoms with E-state index in [0.29, 0.717) is 25.7 Å². The molecule has 0 unspecified atom stereocenters. The van der Waals surface area contributed by atoms with E-state index in [1.807, 2.05) is 26.8 Å². The van der Waals surface area contributed by atoms with E-state index in [-0.39, 0.29) is 34.4 Å². The minimum atomic E-state index is -2.05. The molecule has 0 amide bonds. The van der Waals surface area contributed by atoms with Crippen LogP contribution < -0.4 is 0 Å². The van der Waals surface area contributed by atoms with Crippen molar-refractivity contribution < 1.29 is 79.0 Å². The molecule has 4 saturated carbocycles. The molecule has 0 aromatic rings. The second-order valence-corrected chi connectivity index (χ2v) is 20.6. The highest BCUT2D eigenvalue weighted by molar-refractivity contribution is 5.95. The summed E-state index contributed by atoms with van der Waals surface area (Å²) in [5, 5.41) is 83.0. The molecule has 16 nitrogen and oxygen atoms in total. The molecule has 19 atom stereocenters. The van der Waals surface area contributed by atoms with E-state index in [1.54, 1.807) is 0 Å². The average Bonchev–Trinajstić information content (AvgIpc) is 3.13. The van der Waals surface area contributed by atoms with Crippen LogP contribution in [0.25, 0.3) is 0 Å². The number of hydrogen-bond acceptors (Lipinski definition) is 13. The number of ketones is 1. The van der Waals surface area contributed by atoms with Crippen LogP contribution in [0.4, 0.5) is 0 Å². The van der Waals surface area contributed by atoms with Gasteiger partial charge in [-0.05, 0) is 110 Å². The lowest BCUT2D eigenvalue weighted by molar-refractivity contribution is -0.371. The first-order chi connectivity index (χ1) is 26.8. The first-order valence-electron chi connectivity index (χ1n) is 20.7. The summed E-state index contributed by atoms with van der Waals surface area (Å²) in [7, 11) is 0. The number of carbonyl (C=O) groups excluding carboxylic acids is 1. The van der Waals surface area contributed by atoms with Gasteiger partial charge in [0, 0.05) is 5.92 Å². The molecular formula is C42H62O16. The zero-order valence-electron chi connectivity index (χ0n) is 34.4. The van der Waals surface area contributed by atoms with Crippen LogP contribution in [0.5, 0.6) is 0 Å². The molecule has 2 saturated heterocycles. The van der Waals surface area contributed by atoms with Gasteiger partial charge in [0.1, 0.15) is 36.6 Å². The molecule has 0 radical (unpaired) electrons. The van der Waals surface area contributed by atoms with Crippen molar-refractivity contribution in [3.63, 3.8) is 0 Å².